The fraction of sp³-hybridized carbons (Fsp3) is 0.167. The van der Waals surface area contributed by atoms with E-state index in [0.29, 0.717) is 12.5 Å². The number of fused-ring (bicyclic) bond motifs is 1. The highest BCUT2D eigenvalue weighted by Crippen LogP contribution is 2.21. The predicted octanol–water partition coefficient (Wildman–Crippen LogP) is 4.06. The van der Waals surface area contributed by atoms with Crippen molar-refractivity contribution in [3.05, 3.63) is 65.9 Å². The summed E-state index contributed by atoms with van der Waals surface area (Å²) in [7, 11) is 0. The SMILES string of the molecule is Cc1cccc2c(CCN=C(N)Nc3ccccc3)c[nH]c12.I. The molecule has 3 rings (SSSR count). The Kier molecular flexibility index (Phi) is 6.04. The maximum Gasteiger partial charge on any atom is 0.193 e. The number of para-hydroxylation sites is 2. The smallest absolute Gasteiger partial charge is 0.193 e. The number of anilines is 1. The van der Waals surface area contributed by atoms with E-state index >= 15 is 0 Å². The lowest BCUT2D eigenvalue weighted by Crippen LogP contribution is -2.22. The topological polar surface area (TPSA) is 66.2 Å². The summed E-state index contributed by atoms with van der Waals surface area (Å²) in [5.41, 5.74) is 10.6. The molecule has 0 spiro atoms. The molecule has 120 valence electrons. The van der Waals surface area contributed by atoms with Crippen molar-refractivity contribution < 1.29 is 0 Å². The summed E-state index contributed by atoms with van der Waals surface area (Å²) in [5.74, 6) is 0.447. The zero-order valence-corrected chi connectivity index (χ0v) is 15.4. The highest BCUT2D eigenvalue weighted by atomic mass is 127. The van der Waals surface area contributed by atoms with E-state index in [-0.39, 0.29) is 24.0 Å². The molecule has 0 fully saturated rings. The lowest BCUT2D eigenvalue weighted by atomic mass is 10.1. The molecule has 0 aliphatic rings. The Morgan fingerprint density at radius 3 is 2.70 bits per heavy atom. The predicted molar refractivity (Wildman–Crippen MR) is 109 cm³/mol. The second kappa shape index (κ2) is 8.01. The largest absolute Gasteiger partial charge is 0.370 e. The molecule has 4 nitrogen and oxygen atoms in total. The molecular formula is C18H21IN4. The summed E-state index contributed by atoms with van der Waals surface area (Å²) in [6.07, 6.45) is 2.93. The molecule has 0 aliphatic heterocycles. The Morgan fingerprint density at radius 1 is 1.13 bits per heavy atom. The van der Waals surface area contributed by atoms with E-state index in [2.05, 4.69) is 46.6 Å². The van der Waals surface area contributed by atoms with Crippen LogP contribution in [0.3, 0.4) is 0 Å². The monoisotopic (exact) mass is 420 g/mol. The van der Waals surface area contributed by atoms with E-state index in [1.165, 1.54) is 22.0 Å². The molecule has 0 amide bonds. The number of guanidine groups is 1. The van der Waals surface area contributed by atoms with Crippen LogP contribution >= 0.6 is 24.0 Å². The summed E-state index contributed by atoms with van der Waals surface area (Å²) in [5, 5.41) is 4.36. The number of benzene rings is 2. The first-order chi connectivity index (χ1) is 10.7. The van der Waals surface area contributed by atoms with Gasteiger partial charge in [-0.05, 0) is 36.6 Å². The molecular weight excluding hydrogens is 399 g/mol. The second-order valence-corrected chi connectivity index (χ2v) is 5.32. The van der Waals surface area contributed by atoms with E-state index in [9.17, 15) is 0 Å². The summed E-state index contributed by atoms with van der Waals surface area (Å²) >= 11 is 0. The van der Waals surface area contributed by atoms with Gasteiger partial charge in [0.2, 0.25) is 0 Å². The van der Waals surface area contributed by atoms with Gasteiger partial charge in [-0.1, -0.05) is 36.4 Å². The molecule has 1 heterocycles. The van der Waals surface area contributed by atoms with Crippen LogP contribution < -0.4 is 11.1 Å². The highest BCUT2D eigenvalue weighted by molar-refractivity contribution is 14.0. The number of H-pyrrole nitrogens is 1. The van der Waals surface area contributed by atoms with Crippen LogP contribution in [-0.2, 0) is 6.42 Å². The van der Waals surface area contributed by atoms with Crippen molar-refractivity contribution in [2.75, 3.05) is 11.9 Å². The number of halogens is 1. The molecule has 23 heavy (non-hydrogen) atoms. The van der Waals surface area contributed by atoms with Crippen molar-refractivity contribution in [2.45, 2.75) is 13.3 Å². The van der Waals surface area contributed by atoms with Gasteiger partial charge < -0.3 is 16.0 Å². The Morgan fingerprint density at radius 2 is 1.91 bits per heavy atom. The highest BCUT2D eigenvalue weighted by Gasteiger charge is 2.04. The Balaban J connectivity index is 0.00000192. The van der Waals surface area contributed by atoms with E-state index in [4.69, 9.17) is 5.73 Å². The number of rotatable bonds is 4. The summed E-state index contributed by atoms with van der Waals surface area (Å²) in [6, 6.07) is 16.2. The number of aliphatic imine (C=N–C) groups is 1. The standard InChI is InChI=1S/C18H20N4.HI/c1-13-6-5-9-16-14(12-21-17(13)16)10-11-20-18(19)22-15-7-3-2-4-8-15;/h2-9,12,21H,10-11H2,1H3,(H3,19,20,22);1H. The number of hydrogen-bond donors (Lipinski definition) is 3. The van der Waals surface area contributed by atoms with Gasteiger partial charge in [0.05, 0.1) is 0 Å². The van der Waals surface area contributed by atoms with E-state index in [0.717, 1.165) is 12.1 Å². The molecule has 1 aromatic heterocycles. The molecule has 0 saturated carbocycles. The third kappa shape index (κ3) is 4.25. The zero-order valence-electron chi connectivity index (χ0n) is 13.0. The van der Waals surface area contributed by atoms with Crippen LogP contribution in [0.25, 0.3) is 10.9 Å². The van der Waals surface area contributed by atoms with Gasteiger partial charge in [0, 0.05) is 29.3 Å². The molecule has 3 aromatic rings. The first-order valence-corrected chi connectivity index (χ1v) is 7.41. The maximum absolute atomic E-state index is 5.91. The van der Waals surface area contributed by atoms with Crippen LogP contribution in [0.15, 0.2) is 59.7 Å². The number of nitrogens with zero attached hydrogens (tertiary/aromatic N) is 1. The van der Waals surface area contributed by atoms with Crippen molar-refractivity contribution in [1.29, 1.82) is 0 Å². The fourth-order valence-electron chi connectivity index (χ4n) is 2.58. The van der Waals surface area contributed by atoms with E-state index < -0.39 is 0 Å². The third-order valence-electron chi connectivity index (χ3n) is 3.72. The van der Waals surface area contributed by atoms with E-state index in [1.54, 1.807) is 0 Å². The first kappa shape index (κ1) is 17.3. The fourth-order valence-corrected chi connectivity index (χ4v) is 2.58. The van der Waals surface area contributed by atoms with Crippen LogP contribution in [0.1, 0.15) is 11.1 Å². The van der Waals surface area contributed by atoms with Gasteiger partial charge in [-0.15, -0.1) is 24.0 Å². The average Bonchev–Trinajstić information content (AvgIpc) is 2.93. The molecule has 0 atom stereocenters. The molecule has 0 radical (unpaired) electrons. The Labute approximate surface area is 153 Å². The van der Waals surface area contributed by atoms with Gasteiger partial charge in [-0.3, -0.25) is 4.99 Å². The number of hydrogen-bond acceptors (Lipinski definition) is 1. The van der Waals surface area contributed by atoms with Gasteiger partial charge in [-0.25, -0.2) is 0 Å². The zero-order chi connectivity index (χ0) is 15.4. The van der Waals surface area contributed by atoms with Crippen LogP contribution in [0.4, 0.5) is 5.69 Å². The van der Waals surface area contributed by atoms with Crippen molar-refractivity contribution in [3.8, 4) is 0 Å². The second-order valence-electron chi connectivity index (χ2n) is 5.32. The van der Waals surface area contributed by atoms with Crippen LogP contribution in [0.2, 0.25) is 0 Å². The number of nitrogens with two attached hydrogens (primary N) is 1. The van der Waals surface area contributed by atoms with Gasteiger partial charge in [0.25, 0.3) is 0 Å². The summed E-state index contributed by atoms with van der Waals surface area (Å²) in [4.78, 5) is 7.73. The molecule has 0 saturated heterocycles. The van der Waals surface area contributed by atoms with Crippen LogP contribution in [0.5, 0.6) is 0 Å². The number of nitrogens with one attached hydrogen (secondary N) is 2. The van der Waals surface area contributed by atoms with Crippen molar-refractivity contribution in [2.24, 2.45) is 10.7 Å². The van der Waals surface area contributed by atoms with Gasteiger partial charge in [-0.2, -0.15) is 0 Å². The lowest BCUT2D eigenvalue weighted by Gasteiger charge is -2.05. The molecule has 0 aliphatic carbocycles. The van der Waals surface area contributed by atoms with Crippen molar-refractivity contribution in [3.63, 3.8) is 0 Å². The normalized spacial score (nSPS) is 11.3. The minimum absolute atomic E-state index is 0. The lowest BCUT2D eigenvalue weighted by molar-refractivity contribution is 0.972. The minimum Gasteiger partial charge on any atom is -0.370 e. The Bertz CT molecular complexity index is 793. The first-order valence-electron chi connectivity index (χ1n) is 7.41. The van der Waals surface area contributed by atoms with E-state index in [1.807, 2.05) is 30.3 Å². The molecule has 0 unspecified atom stereocenters. The number of aromatic amines is 1. The quantitative estimate of drug-likeness (QED) is 0.339. The van der Waals surface area contributed by atoms with Crippen LogP contribution in [0, 0.1) is 6.92 Å². The average molecular weight is 420 g/mol. The molecule has 0 bridgehead atoms. The maximum atomic E-state index is 5.91. The number of aryl methyl sites for hydroxylation is 1. The third-order valence-corrected chi connectivity index (χ3v) is 3.72. The summed E-state index contributed by atoms with van der Waals surface area (Å²) < 4.78 is 0. The van der Waals surface area contributed by atoms with Crippen molar-refractivity contribution in [1.82, 2.24) is 4.98 Å². The minimum atomic E-state index is 0. The van der Waals surface area contributed by atoms with Gasteiger partial charge >= 0.3 is 0 Å². The molecule has 2 aromatic carbocycles. The van der Waals surface area contributed by atoms with Gasteiger partial charge in [0.15, 0.2) is 5.96 Å². The van der Waals surface area contributed by atoms with Crippen molar-refractivity contribution >= 4 is 46.5 Å². The Hall–Kier alpha value is -2.02. The molecule has 5 heteroatoms. The molecule has 4 N–H and O–H groups in total. The van der Waals surface area contributed by atoms with Crippen LogP contribution in [-0.4, -0.2) is 17.5 Å². The summed E-state index contributed by atoms with van der Waals surface area (Å²) in [6.45, 7) is 2.77. The number of aromatic nitrogens is 1. The van der Waals surface area contributed by atoms with Gasteiger partial charge in [0.1, 0.15) is 0 Å².